The molecule has 3 heterocycles. The summed E-state index contributed by atoms with van der Waals surface area (Å²) in [6, 6.07) is 19.2. The molecule has 0 bridgehead atoms. The fraction of sp³-hybridized carbons (Fsp3) is 0.241. The number of morpholine rings is 1. The number of nitrogens with zero attached hydrogens (tertiary/aromatic N) is 2. The summed E-state index contributed by atoms with van der Waals surface area (Å²) < 4.78 is 11.4. The highest BCUT2D eigenvalue weighted by atomic mass is 35.5. The van der Waals surface area contributed by atoms with E-state index in [4.69, 9.17) is 37.7 Å². The van der Waals surface area contributed by atoms with Crippen molar-refractivity contribution >= 4 is 45.7 Å². The van der Waals surface area contributed by atoms with Gasteiger partial charge in [0.05, 0.1) is 52.7 Å². The molecule has 0 radical (unpaired) electrons. The first-order valence-electron chi connectivity index (χ1n) is 12.3. The van der Waals surface area contributed by atoms with Gasteiger partial charge in [0, 0.05) is 47.8 Å². The van der Waals surface area contributed by atoms with Crippen LogP contribution in [0.3, 0.4) is 0 Å². The lowest BCUT2D eigenvalue weighted by Crippen LogP contribution is -2.39. The number of hydrogen-bond donors (Lipinski definition) is 1. The van der Waals surface area contributed by atoms with E-state index >= 15 is 0 Å². The van der Waals surface area contributed by atoms with Gasteiger partial charge in [-0.25, -0.2) is 0 Å². The van der Waals surface area contributed by atoms with Crippen LogP contribution in [0.15, 0.2) is 66.9 Å². The summed E-state index contributed by atoms with van der Waals surface area (Å²) in [6.07, 6.45) is 2.38. The molecule has 8 heteroatoms. The zero-order chi connectivity index (χ0) is 25.4. The Balaban J connectivity index is 1.46. The number of ether oxygens (including phenoxy) is 2. The first kappa shape index (κ1) is 24.0. The average Bonchev–Trinajstić information content (AvgIpc) is 2.94. The van der Waals surface area contributed by atoms with Crippen molar-refractivity contribution in [2.75, 3.05) is 37.8 Å². The van der Waals surface area contributed by atoms with Crippen molar-refractivity contribution in [1.29, 1.82) is 0 Å². The molecule has 2 aliphatic heterocycles. The largest absolute Gasteiger partial charge is 0.493 e. The van der Waals surface area contributed by atoms with Gasteiger partial charge in [-0.3, -0.25) is 9.78 Å². The number of amides is 1. The number of anilines is 1. The minimum absolute atomic E-state index is 0.137. The highest BCUT2D eigenvalue weighted by Crippen LogP contribution is 2.40. The molecular weight excluding hydrogens is 509 g/mol. The van der Waals surface area contributed by atoms with Crippen LogP contribution in [0.25, 0.3) is 22.0 Å². The number of aromatic nitrogens is 1. The minimum atomic E-state index is -0.163. The Morgan fingerprint density at radius 3 is 2.59 bits per heavy atom. The van der Waals surface area contributed by atoms with Crippen molar-refractivity contribution in [2.45, 2.75) is 12.5 Å². The number of carbonyl (C=O) groups is 1. The van der Waals surface area contributed by atoms with E-state index < -0.39 is 0 Å². The third-order valence-corrected chi connectivity index (χ3v) is 7.77. The maximum absolute atomic E-state index is 13.8. The predicted octanol–water partition coefficient (Wildman–Crippen LogP) is 6.30. The second-order valence-corrected chi connectivity index (χ2v) is 9.91. The number of benzene rings is 3. The van der Waals surface area contributed by atoms with E-state index in [0.29, 0.717) is 54.9 Å². The summed E-state index contributed by atoms with van der Waals surface area (Å²) in [7, 11) is 0. The third kappa shape index (κ3) is 4.50. The Morgan fingerprint density at radius 1 is 0.946 bits per heavy atom. The third-order valence-electron chi connectivity index (χ3n) is 6.95. The quantitative estimate of drug-likeness (QED) is 0.333. The molecule has 6 rings (SSSR count). The van der Waals surface area contributed by atoms with Crippen LogP contribution in [0.2, 0.25) is 10.0 Å². The summed E-state index contributed by atoms with van der Waals surface area (Å²) in [5, 5.41) is 5.09. The van der Waals surface area contributed by atoms with E-state index in [0.717, 1.165) is 39.0 Å². The Hall–Kier alpha value is -3.32. The molecule has 2 aliphatic rings. The van der Waals surface area contributed by atoms with Crippen molar-refractivity contribution in [3.05, 3.63) is 88.0 Å². The molecule has 1 atom stereocenters. The molecule has 1 unspecified atom stereocenters. The van der Waals surface area contributed by atoms with Gasteiger partial charge >= 0.3 is 0 Å². The number of carbonyl (C=O) groups excluding carboxylic acids is 1. The number of pyridine rings is 1. The first-order chi connectivity index (χ1) is 18.1. The SMILES string of the molecule is O=C(NC1CCOc2ccccc21)c1cnc2c(-c3cccc(Cl)c3Cl)cccc2c1N1CCOCC1. The van der Waals surface area contributed by atoms with Gasteiger partial charge in [0.25, 0.3) is 5.91 Å². The van der Waals surface area contributed by atoms with E-state index in [9.17, 15) is 4.79 Å². The Bertz CT molecular complexity index is 1490. The van der Waals surface area contributed by atoms with E-state index in [1.54, 1.807) is 12.3 Å². The van der Waals surface area contributed by atoms with Crippen molar-refractivity contribution < 1.29 is 14.3 Å². The molecule has 1 saturated heterocycles. The van der Waals surface area contributed by atoms with Crippen LogP contribution in [-0.4, -0.2) is 43.8 Å². The fourth-order valence-corrected chi connectivity index (χ4v) is 5.56. The van der Waals surface area contributed by atoms with Gasteiger partial charge in [-0.05, 0) is 12.1 Å². The molecule has 1 amide bonds. The second-order valence-electron chi connectivity index (χ2n) is 9.12. The molecule has 1 N–H and O–H groups in total. The van der Waals surface area contributed by atoms with Gasteiger partial charge in [-0.2, -0.15) is 0 Å². The van der Waals surface area contributed by atoms with Crippen molar-refractivity contribution in [3.63, 3.8) is 0 Å². The summed E-state index contributed by atoms with van der Waals surface area (Å²) in [5.74, 6) is 0.649. The van der Waals surface area contributed by atoms with Crippen LogP contribution >= 0.6 is 23.2 Å². The van der Waals surface area contributed by atoms with Gasteiger partial charge < -0.3 is 19.7 Å². The van der Waals surface area contributed by atoms with Crippen molar-refractivity contribution in [3.8, 4) is 16.9 Å². The minimum Gasteiger partial charge on any atom is -0.493 e. The fourth-order valence-electron chi connectivity index (χ4n) is 5.16. The average molecular weight is 534 g/mol. The topological polar surface area (TPSA) is 63.7 Å². The monoisotopic (exact) mass is 533 g/mol. The second kappa shape index (κ2) is 10.2. The molecule has 37 heavy (non-hydrogen) atoms. The smallest absolute Gasteiger partial charge is 0.255 e. The maximum Gasteiger partial charge on any atom is 0.255 e. The zero-order valence-electron chi connectivity index (χ0n) is 20.0. The number of nitrogens with one attached hydrogen (secondary N) is 1. The van der Waals surface area contributed by atoms with Gasteiger partial charge in [0.15, 0.2) is 0 Å². The number of hydrogen-bond acceptors (Lipinski definition) is 5. The lowest BCUT2D eigenvalue weighted by molar-refractivity contribution is 0.0923. The van der Waals surface area contributed by atoms with Crippen LogP contribution in [0.1, 0.15) is 28.4 Å². The lowest BCUT2D eigenvalue weighted by atomic mass is 9.98. The highest BCUT2D eigenvalue weighted by Gasteiger charge is 2.27. The summed E-state index contributed by atoms with van der Waals surface area (Å²) in [6.45, 7) is 3.11. The Morgan fingerprint density at radius 2 is 1.73 bits per heavy atom. The summed E-state index contributed by atoms with van der Waals surface area (Å²) in [5.41, 5.74) is 4.81. The number of halogens is 2. The van der Waals surface area contributed by atoms with Crippen molar-refractivity contribution in [1.82, 2.24) is 10.3 Å². The van der Waals surface area contributed by atoms with E-state index in [2.05, 4.69) is 10.2 Å². The number of fused-ring (bicyclic) bond motifs is 2. The lowest BCUT2D eigenvalue weighted by Gasteiger charge is -2.32. The molecule has 0 aliphatic carbocycles. The van der Waals surface area contributed by atoms with Crippen LogP contribution in [0, 0.1) is 0 Å². The van der Waals surface area contributed by atoms with Gasteiger partial charge in [0.2, 0.25) is 0 Å². The molecule has 4 aromatic rings. The Kier molecular flexibility index (Phi) is 6.63. The highest BCUT2D eigenvalue weighted by molar-refractivity contribution is 6.44. The van der Waals surface area contributed by atoms with E-state index in [1.165, 1.54) is 0 Å². The first-order valence-corrected chi connectivity index (χ1v) is 13.1. The normalized spacial score (nSPS) is 17.2. The molecular formula is C29H25Cl2N3O3. The Labute approximate surface area is 225 Å². The molecule has 1 aromatic heterocycles. The van der Waals surface area contributed by atoms with E-state index in [-0.39, 0.29) is 11.9 Å². The predicted molar refractivity (Wildman–Crippen MR) is 147 cm³/mol. The molecule has 188 valence electrons. The molecule has 0 saturated carbocycles. The maximum atomic E-state index is 13.8. The summed E-state index contributed by atoms with van der Waals surface area (Å²) >= 11 is 12.9. The van der Waals surface area contributed by atoms with Gasteiger partial charge in [0.1, 0.15) is 5.75 Å². The van der Waals surface area contributed by atoms with Gasteiger partial charge in [-0.15, -0.1) is 0 Å². The molecule has 1 fully saturated rings. The van der Waals surface area contributed by atoms with Gasteiger partial charge in [-0.1, -0.05) is 71.7 Å². The number of para-hydroxylation sites is 2. The standard InChI is InChI=1S/C29H25Cl2N3O3/c30-23-9-4-6-18(26(23)31)19-7-3-8-21-27(19)32-17-22(28(21)34-12-15-36-16-13-34)29(35)33-24-11-14-37-25-10-2-1-5-20(24)25/h1-10,17,24H,11-16H2,(H,33,35). The van der Waals surface area contributed by atoms with Crippen LogP contribution in [0.5, 0.6) is 5.75 Å². The van der Waals surface area contributed by atoms with Crippen molar-refractivity contribution in [2.24, 2.45) is 0 Å². The molecule has 6 nitrogen and oxygen atoms in total. The van der Waals surface area contributed by atoms with E-state index in [1.807, 2.05) is 54.6 Å². The molecule has 0 spiro atoms. The van der Waals surface area contributed by atoms with Crippen LogP contribution < -0.4 is 15.0 Å². The van der Waals surface area contributed by atoms with Crippen LogP contribution in [-0.2, 0) is 4.74 Å². The summed E-state index contributed by atoms with van der Waals surface area (Å²) in [4.78, 5) is 20.8. The molecule has 3 aromatic carbocycles. The van der Waals surface area contributed by atoms with Crippen LogP contribution in [0.4, 0.5) is 5.69 Å². The zero-order valence-corrected chi connectivity index (χ0v) is 21.6. The number of rotatable bonds is 4.